The Morgan fingerprint density at radius 3 is 2.49 bits per heavy atom. The van der Waals surface area contributed by atoms with Gasteiger partial charge >= 0.3 is 0 Å². The molecule has 2 aromatic rings. The lowest BCUT2D eigenvalue weighted by molar-refractivity contribution is -0.132. The smallest absolute Gasteiger partial charge is 0.227 e. The largest absolute Gasteiger partial charge is 0.337 e. The van der Waals surface area contributed by atoms with Crippen molar-refractivity contribution in [2.75, 3.05) is 37.6 Å². The SMILES string of the molecule is CC(C)CC(=O)N1CCCN(CC(C)C)CCN(C(=O)CCCn2cncn2)Cc2ccccc21. The van der Waals surface area contributed by atoms with Gasteiger partial charge in [0.1, 0.15) is 12.7 Å². The molecule has 8 nitrogen and oxygen atoms in total. The second-order valence-electron chi connectivity index (χ2n) is 10.4. The van der Waals surface area contributed by atoms with E-state index in [1.807, 2.05) is 28.0 Å². The molecule has 0 atom stereocenters. The van der Waals surface area contributed by atoms with Crippen LogP contribution in [0.3, 0.4) is 0 Å². The molecule has 8 heteroatoms. The van der Waals surface area contributed by atoms with Crippen LogP contribution in [0.15, 0.2) is 36.9 Å². The monoisotopic (exact) mass is 482 g/mol. The molecule has 0 N–H and O–H groups in total. The average molecular weight is 483 g/mol. The molecule has 0 saturated heterocycles. The topological polar surface area (TPSA) is 74.6 Å². The quantitative estimate of drug-likeness (QED) is 0.572. The summed E-state index contributed by atoms with van der Waals surface area (Å²) in [6.07, 6.45) is 5.81. The number of para-hydroxylation sites is 1. The van der Waals surface area contributed by atoms with Gasteiger partial charge in [0, 0.05) is 57.8 Å². The van der Waals surface area contributed by atoms with Gasteiger partial charge in [0.2, 0.25) is 11.8 Å². The molecule has 1 aromatic carbocycles. The number of benzene rings is 1. The van der Waals surface area contributed by atoms with Crippen LogP contribution < -0.4 is 4.90 Å². The zero-order chi connectivity index (χ0) is 25.2. The fraction of sp³-hybridized carbons (Fsp3) is 0.630. The second-order valence-corrected chi connectivity index (χ2v) is 10.4. The van der Waals surface area contributed by atoms with Gasteiger partial charge in [0.05, 0.1) is 0 Å². The van der Waals surface area contributed by atoms with Gasteiger partial charge in [0.25, 0.3) is 0 Å². The van der Waals surface area contributed by atoms with E-state index in [1.165, 1.54) is 6.33 Å². The predicted octanol–water partition coefficient (Wildman–Crippen LogP) is 3.83. The number of amides is 2. The summed E-state index contributed by atoms with van der Waals surface area (Å²) in [4.78, 5) is 37.0. The van der Waals surface area contributed by atoms with E-state index in [4.69, 9.17) is 0 Å². The van der Waals surface area contributed by atoms with Crippen LogP contribution in [0.1, 0.15) is 58.9 Å². The highest BCUT2D eigenvalue weighted by Gasteiger charge is 2.24. The zero-order valence-electron chi connectivity index (χ0n) is 21.9. The lowest BCUT2D eigenvalue weighted by atomic mass is 10.1. The van der Waals surface area contributed by atoms with Gasteiger partial charge in [-0.15, -0.1) is 0 Å². The number of aryl methyl sites for hydroxylation is 1. The van der Waals surface area contributed by atoms with Crippen molar-refractivity contribution in [3.8, 4) is 0 Å². The maximum absolute atomic E-state index is 13.4. The molecule has 35 heavy (non-hydrogen) atoms. The van der Waals surface area contributed by atoms with Gasteiger partial charge in [-0.05, 0) is 42.9 Å². The third-order valence-corrected chi connectivity index (χ3v) is 6.29. The van der Waals surface area contributed by atoms with Crippen molar-refractivity contribution >= 4 is 17.5 Å². The van der Waals surface area contributed by atoms with E-state index in [9.17, 15) is 9.59 Å². The van der Waals surface area contributed by atoms with E-state index < -0.39 is 0 Å². The van der Waals surface area contributed by atoms with Crippen molar-refractivity contribution in [3.63, 3.8) is 0 Å². The Bertz CT molecular complexity index is 928. The molecule has 192 valence electrons. The number of fused-ring (bicyclic) bond motifs is 1. The number of carbonyl (C=O) groups is 2. The van der Waals surface area contributed by atoms with Gasteiger partial charge in [-0.3, -0.25) is 14.3 Å². The standard InChI is InChI=1S/C27H42N6O2/c1-22(2)17-27(35)33-14-8-12-30(18-23(3)4)15-16-31(19-24-9-5-6-10-25(24)33)26(34)11-7-13-32-21-28-20-29-32/h5-6,9-10,20-23H,7-8,11-19H2,1-4H3. The van der Waals surface area contributed by atoms with Crippen molar-refractivity contribution < 1.29 is 9.59 Å². The highest BCUT2D eigenvalue weighted by molar-refractivity contribution is 5.94. The van der Waals surface area contributed by atoms with Crippen LogP contribution in [0.25, 0.3) is 0 Å². The molecule has 2 heterocycles. The van der Waals surface area contributed by atoms with E-state index in [2.05, 4.69) is 48.7 Å². The molecule has 0 spiro atoms. The Hall–Kier alpha value is -2.74. The van der Waals surface area contributed by atoms with Crippen molar-refractivity contribution in [2.24, 2.45) is 11.8 Å². The number of carbonyl (C=O) groups excluding carboxylic acids is 2. The van der Waals surface area contributed by atoms with Crippen LogP contribution in [-0.4, -0.2) is 69.1 Å². The van der Waals surface area contributed by atoms with Crippen LogP contribution in [0.2, 0.25) is 0 Å². The molecule has 1 aliphatic heterocycles. The summed E-state index contributed by atoms with van der Waals surface area (Å²) in [5.74, 6) is 1.15. The molecular formula is C27H42N6O2. The fourth-order valence-electron chi connectivity index (χ4n) is 4.67. The van der Waals surface area contributed by atoms with Crippen LogP contribution >= 0.6 is 0 Å². The van der Waals surface area contributed by atoms with Crippen molar-refractivity contribution in [1.29, 1.82) is 0 Å². The third kappa shape index (κ3) is 8.46. The number of hydrogen-bond donors (Lipinski definition) is 0. The Kier molecular flexibility index (Phi) is 10.3. The Morgan fingerprint density at radius 1 is 0.971 bits per heavy atom. The van der Waals surface area contributed by atoms with Crippen LogP contribution in [0, 0.1) is 11.8 Å². The molecule has 0 radical (unpaired) electrons. The summed E-state index contributed by atoms with van der Waals surface area (Å²) < 4.78 is 1.76. The summed E-state index contributed by atoms with van der Waals surface area (Å²) >= 11 is 0. The van der Waals surface area contributed by atoms with E-state index in [-0.39, 0.29) is 11.8 Å². The summed E-state index contributed by atoms with van der Waals surface area (Å²) in [6.45, 7) is 13.9. The summed E-state index contributed by atoms with van der Waals surface area (Å²) in [5, 5.41) is 4.14. The third-order valence-electron chi connectivity index (χ3n) is 6.29. The maximum Gasteiger partial charge on any atom is 0.227 e. The molecule has 2 amide bonds. The number of rotatable bonds is 8. The summed E-state index contributed by atoms with van der Waals surface area (Å²) in [5.41, 5.74) is 1.97. The molecule has 0 bridgehead atoms. The van der Waals surface area contributed by atoms with Gasteiger partial charge in [-0.2, -0.15) is 5.10 Å². The summed E-state index contributed by atoms with van der Waals surface area (Å²) in [6, 6.07) is 8.08. The van der Waals surface area contributed by atoms with Crippen molar-refractivity contribution in [1.82, 2.24) is 24.6 Å². The second kappa shape index (κ2) is 13.4. The Balaban J connectivity index is 1.82. The van der Waals surface area contributed by atoms with Gasteiger partial charge in [-0.25, -0.2) is 4.98 Å². The highest BCUT2D eigenvalue weighted by atomic mass is 16.2. The van der Waals surface area contributed by atoms with E-state index >= 15 is 0 Å². The van der Waals surface area contributed by atoms with Crippen LogP contribution in [-0.2, 0) is 22.7 Å². The molecule has 0 aliphatic carbocycles. The van der Waals surface area contributed by atoms with Gasteiger partial charge < -0.3 is 14.7 Å². The molecule has 0 unspecified atom stereocenters. The molecule has 0 fully saturated rings. The lowest BCUT2D eigenvalue weighted by Crippen LogP contribution is -2.40. The first-order valence-corrected chi connectivity index (χ1v) is 13.0. The first-order valence-electron chi connectivity index (χ1n) is 13.0. The minimum absolute atomic E-state index is 0.142. The molecule has 1 aromatic heterocycles. The zero-order valence-corrected chi connectivity index (χ0v) is 21.9. The van der Waals surface area contributed by atoms with E-state index in [0.29, 0.717) is 50.9 Å². The van der Waals surface area contributed by atoms with Crippen LogP contribution in [0.4, 0.5) is 5.69 Å². The Labute approximate surface area is 210 Å². The minimum atomic E-state index is 0.142. The lowest BCUT2D eigenvalue weighted by Gasteiger charge is -2.29. The molecule has 3 rings (SSSR count). The highest BCUT2D eigenvalue weighted by Crippen LogP contribution is 2.25. The van der Waals surface area contributed by atoms with Gasteiger partial charge in [-0.1, -0.05) is 45.9 Å². The average Bonchev–Trinajstić information content (AvgIpc) is 3.31. The van der Waals surface area contributed by atoms with Gasteiger partial charge in [0.15, 0.2) is 0 Å². The number of hydrogen-bond acceptors (Lipinski definition) is 5. The number of anilines is 1. The fourth-order valence-corrected chi connectivity index (χ4v) is 4.67. The maximum atomic E-state index is 13.4. The predicted molar refractivity (Wildman–Crippen MR) is 139 cm³/mol. The van der Waals surface area contributed by atoms with Crippen molar-refractivity contribution in [2.45, 2.75) is 66.5 Å². The Morgan fingerprint density at radius 2 is 1.77 bits per heavy atom. The van der Waals surface area contributed by atoms with Crippen LogP contribution in [0.5, 0.6) is 0 Å². The van der Waals surface area contributed by atoms with Crippen molar-refractivity contribution in [3.05, 3.63) is 42.5 Å². The molecule has 1 aliphatic rings. The molecule has 0 saturated carbocycles. The summed E-state index contributed by atoms with van der Waals surface area (Å²) in [7, 11) is 0. The van der Waals surface area contributed by atoms with E-state index in [1.54, 1.807) is 11.0 Å². The number of aromatic nitrogens is 3. The first kappa shape index (κ1) is 26.9. The van der Waals surface area contributed by atoms with E-state index in [0.717, 1.165) is 43.7 Å². The molecular weight excluding hydrogens is 440 g/mol. The number of nitrogens with zero attached hydrogens (tertiary/aromatic N) is 6. The minimum Gasteiger partial charge on any atom is -0.337 e. The normalized spacial score (nSPS) is 15.8. The first-order chi connectivity index (χ1) is 16.8.